The molecular formula is C11H12N6O3S. The fourth-order valence-corrected chi connectivity index (χ4v) is 2.44. The van der Waals surface area contributed by atoms with Crippen LogP contribution in [0.3, 0.4) is 0 Å². The van der Waals surface area contributed by atoms with Gasteiger partial charge in [0.1, 0.15) is 11.5 Å². The smallest absolute Gasteiger partial charge is 0.293 e. The lowest BCUT2D eigenvalue weighted by Crippen LogP contribution is -2.10. The number of nitrogens with zero attached hydrogens (tertiary/aromatic N) is 2. The van der Waals surface area contributed by atoms with Gasteiger partial charge in [-0.15, -0.1) is 0 Å². The molecule has 1 heterocycles. The molecule has 0 unspecified atom stereocenters. The van der Waals surface area contributed by atoms with Crippen LogP contribution < -0.4 is 22.6 Å². The zero-order valence-corrected chi connectivity index (χ0v) is 11.5. The van der Waals surface area contributed by atoms with Crippen LogP contribution in [0.4, 0.5) is 17.2 Å². The van der Waals surface area contributed by atoms with Crippen molar-refractivity contribution >= 4 is 29.0 Å². The number of hydrogen-bond acceptors (Lipinski definition) is 8. The molecule has 0 aliphatic heterocycles. The minimum absolute atomic E-state index is 0.120. The number of H-pyrrole nitrogens is 1. The van der Waals surface area contributed by atoms with Crippen molar-refractivity contribution < 1.29 is 4.92 Å². The summed E-state index contributed by atoms with van der Waals surface area (Å²) < 4.78 is 0. The number of nitrogens with two attached hydrogens (primary N) is 2. The van der Waals surface area contributed by atoms with Crippen LogP contribution in [0.2, 0.25) is 0 Å². The monoisotopic (exact) mass is 308 g/mol. The van der Waals surface area contributed by atoms with Crippen LogP contribution in [-0.4, -0.2) is 14.9 Å². The highest BCUT2D eigenvalue weighted by molar-refractivity contribution is 7.98. The Kier molecular flexibility index (Phi) is 4.40. The Bertz CT molecular complexity index is 732. The van der Waals surface area contributed by atoms with Crippen LogP contribution in [0.25, 0.3) is 0 Å². The predicted molar refractivity (Wildman–Crippen MR) is 79.7 cm³/mol. The molecule has 1 aromatic carbocycles. The predicted octanol–water partition coefficient (Wildman–Crippen LogP) is 0.838. The van der Waals surface area contributed by atoms with E-state index >= 15 is 0 Å². The molecule has 0 radical (unpaired) electrons. The third kappa shape index (κ3) is 3.70. The van der Waals surface area contributed by atoms with Gasteiger partial charge in [-0.1, -0.05) is 17.8 Å². The first kappa shape index (κ1) is 14.8. The van der Waals surface area contributed by atoms with Crippen LogP contribution in [0, 0.1) is 10.1 Å². The van der Waals surface area contributed by atoms with E-state index in [0.29, 0.717) is 16.5 Å². The highest BCUT2D eigenvalue weighted by atomic mass is 32.2. The van der Waals surface area contributed by atoms with Gasteiger partial charge >= 0.3 is 0 Å². The molecule has 0 saturated carbocycles. The first-order chi connectivity index (χ1) is 9.99. The summed E-state index contributed by atoms with van der Waals surface area (Å²) in [7, 11) is 0. The normalized spacial score (nSPS) is 10.3. The molecule has 6 N–H and O–H groups in total. The van der Waals surface area contributed by atoms with Crippen LogP contribution in [-0.2, 0) is 5.75 Å². The molecule has 0 atom stereocenters. The van der Waals surface area contributed by atoms with Gasteiger partial charge in [-0.05, 0) is 11.6 Å². The third-order valence-electron chi connectivity index (χ3n) is 2.53. The van der Waals surface area contributed by atoms with Crippen molar-refractivity contribution in [3.8, 4) is 0 Å². The maximum absolute atomic E-state index is 11.2. The lowest BCUT2D eigenvalue weighted by atomic mass is 10.2. The second-order valence-corrected chi connectivity index (χ2v) is 4.98. The Labute approximate surface area is 122 Å². The Morgan fingerprint density at radius 1 is 1.43 bits per heavy atom. The van der Waals surface area contributed by atoms with Gasteiger partial charge in [-0.25, -0.2) is 4.98 Å². The number of rotatable bonds is 5. The molecule has 9 nitrogen and oxygen atoms in total. The number of hydrogen-bond donors (Lipinski definition) is 4. The van der Waals surface area contributed by atoms with Gasteiger partial charge < -0.3 is 16.1 Å². The lowest BCUT2D eigenvalue weighted by Gasteiger charge is -2.05. The van der Waals surface area contributed by atoms with Crippen LogP contribution in [0.15, 0.2) is 34.2 Å². The maximum atomic E-state index is 11.2. The molecule has 2 rings (SSSR count). The van der Waals surface area contributed by atoms with Crippen molar-refractivity contribution in [2.75, 3.05) is 11.2 Å². The van der Waals surface area contributed by atoms with Crippen molar-refractivity contribution in [1.82, 2.24) is 9.97 Å². The van der Waals surface area contributed by atoms with Crippen LogP contribution in [0.1, 0.15) is 5.56 Å². The summed E-state index contributed by atoms with van der Waals surface area (Å²) in [5.74, 6) is 5.72. The van der Waals surface area contributed by atoms with Gasteiger partial charge in [0.2, 0.25) is 0 Å². The molecule has 110 valence electrons. The second kappa shape index (κ2) is 6.24. The average molecular weight is 308 g/mol. The van der Waals surface area contributed by atoms with E-state index in [4.69, 9.17) is 11.6 Å². The molecule has 0 saturated heterocycles. The van der Waals surface area contributed by atoms with Crippen molar-refractivity contribution in [1.29, 1.82) is 0 Å². The first-order valence-corrected chi connectivity index (χ1v) is 6.71. The summed E-state index contributed by atoms with van der Waals surface area (Å²) in [5, 5.41) is 11.3. The fraction of sp³-hybridized carbons (Fsp3) is 0.0909. The van der Waals surface area contributed by atoms with E-state index in [1.807, 2.05) is 0 Å². The van der Waals surface area contributed by atoms with E-state index in [-0.39, 0.29) is 22.8 Å². The summed E-state index contributed by atoms with van der Waals surface area (Å²) >= 11 is 1.21. The number of nitrogen functional groups attached to an aromatic ring is 2. The van der Waals surface area contributed by atoms with Crippen molar-refractivity contribution in [3.63, 3.8) is 0 Å². The third-order valence-corrected chi connectivity index (χ3v) is 3.47. The topological polar surface area (TPSA) is 153 Å². The highest BCUT2D eigenvalue weighted by Crippen LogP contribution is 2.27. The summed E-state index contributed by atoms with van der Waals surface area (Å²) in [6, 6.07) is 5.80. The Hall–Kier alpha value is -2.59. The molecule has 0 bridgehead atoms. The molecule has 1 aromatic heterocycles. The maximum Gasteiger partial charge on any atom is 0.293 e. The molecule has 0 aliphatic carbocycles. The van der Waals surface area contributed by atoms with Crippen molar-refractivity contribution in [2.45, 2.75) is 10.9 Å². The zero-order chi connectivity index (χ0) is 15.4. The zero-order valence-electron chi connectivity index (χ0n) is 10.7. The quantitative estimate of drug-likeness (QED) is 0.208. The Morgan fingerprint density at radius 2 is 2.19 bits per heavy atom. The first-order valence-electron chi connectivity index (χ1n) is 5.73. The summed E-state index contributed by atoms with van der Waals surface area (Å²) in [6.45, 7) is 0. The number of hydrazine groups is 1. The number of aromatic amines is 1. The number of nitrogens with one attached hydrogen (secondary N) is 2. The summed E-state index contributed by atoms with van der Waals surface area (Å²) in [6.07, 6.45) is 0. The molecule has 0 fully saturated rings. The largest absolute Gasteiger partial charge is 0.383 e. The van der Waals surface area contributed by atoms with Gasteiger partial charge in [-0.3, -0.25) is 20.8 Å². The number of benzene rings is 1. The van der Waals surface area contributed by atoms with E-state index in [9.17, 15) is 14.9 Å². The van der Waals surface area contributed by atoms with Gasteiger partial charge in [0.25, 0.3) is 11.2 Å². The molecule has 2 aromatic rings. The number of nitro benzene ring substituents is 1. The van der Waals surface area contributed by atoms with Crippen molar-refractivity contribution in [2.24, 2.45) is 5.84 Å². The second-order valence-electron chi connectivity index (χ2n) is 4.02. The summed E-state index contributed by atoms with van der Waals surface area (Å²) in [5.41, 5.74) is 8.19. The van der Waals surface area contributed by atoms with E-state index in [1.54, 1.807) is 6.07 Å². The van der Waals surface area contributed by atoms with E-state index in [2.05, 4.69) is 15.4 Å². The number of nitro groups is 1. The van der Waals surface area contributed by atoms with Gasteiger partial charge in [-0.2, -0.15) is 0 Å². The number of thioether (sulfide) groups is 1. The standard InChI is InChI=1S/C11H12N6O3S/c12-9-4-10(18)15-11(14-9)21-5-6-1-2-7(16-13)8(3-6)17(19)20/h1-4,16H,5,13H2,(H3,12,14,15,18). The van der Waals surface area contributed by atoms with Crippen LogP contribution >= 0.6 is 11.8 Å². The molecule has 0 amide bonds. The molecule has 21 heavy (non-hydrogen) atoms. The SMILES string of the molecule is NNc1ccc(CSc2nc(N)cc(=O)[nH]2)cc1[N+](=O)[O-]. The minimum Gasteiger partial charge on any atom is -0.383 e. The van der Waals surface area contributed by atoms with Crippen LogP contribution in [0.5, 0.6) is 0 Å². The van der Waals surface area contributed by atoms with Gasteiger partial charge in [0.05, 0.1) is 4.92 Å². The minimum atomic E-state index is -0.524. The van der Waals surface area contributed by atoms with E-state index < -0.39 is 4.92 Å². The molecular weight excluding hydrogens is 296 g/mol. The Balaban J connectivity index is 2.18. The fourth-order valence-electron chi connectivity index (χ4n) is 1.61. The van der Waals surface area contributed by atoms with Gasteiger partial charge in [0, 0.05) is 17.9 Å². The molecule has 0 spiro atoms. The number of anilines is 2. The molecule has 0 aliphatic rings. The van der Waals surface area contributed by atoms with E-state index in [1.165, 1.54) is 30.0 Å². The molecule has 10 heteroatoms. The number of aromatic nitrogens is 2. The summed E-state index contributed by atoms with van der Waals surface area (Å²) in [4.78, 5) is 28.1. The van der Waals surface area contributed by atoms with E-state index in [0.717, 1.165) is 0 Å². The van der Waals surface area contributed by atoms with Crippen molar-refractivity contribution in [3.05, 3.63) is 50.3 Å². The van der Waals surface area contributed by atoms with Gasteiger partial charge in [0.15, 0.2) is 5.16 Å². The average Bonchev–Trinajstić information content (AvgIpc) is 2.43. The lowest BCUT2D eigenvalue weighted by molar-refractivity contribution is -0.384. The Morgan fingerprint density at radius 3 is 2.81 bits per heavy atom. The highest BCUT2D eigenvalue weighted by Gasteiger charge is 2.14.